The molecule has 1 nitrogen and oxygen atoms in total. The summed E-state index contributed by atoms with van der Waals surface area (Å²) in [5.41, 5.74) is 3.91. The van der Waals surface area contributed by atoms with E-state index in [1.54, 1.807) is 6.08 Å². The Bertz CT molecular complexity index is 348. The predicted octanol–water partition coefficient (Wildman–Crippen LogP) is 4.29. The van der Waals surface area contributed by atoms with E-state index in [2.05, 4.69) is 27.7 Å². The number of hydrogen-bond donors (Lipinski definition) is 0. The summed E-state index contributed by atoms with van der Waals surface area (Å²) in [7, 11) is 0. The van der Waals surface area contributed by atoms with Crippen molar-refractivity contribution >= 4 is 5.78 Å². The zero-order valence-corrected chi connectivity index (χ0v) is 11.5. The largest absolute Gasteiger partial charge is 0.294 e. The molecule has 0 N–H and O–H groups in total. The predicted molar refractivity (Wildman–Crippen MR) is 69.3 cm³/mol. The Hall–Kier alpha value is -0.850. The third-order valence-corrected chi connectivity index (χ3v) is 3.53. The highest BCUT2D eigenvalue weighted by Gasteiger charge is 2.42. The maximum atomic E-state index is 12.3. The van der Waals surface area contributed by atoms with Gasteiger partial charge in [-0.2, -0.15) is 0 Å². The Morgan fingerprint density at radius 3 is 2.25 bits per heavy atom. The second-order valence-electron chi connectivity index (χ2n) is 6.07. The quantitative estimate of drug-likeness (QED) is 0.501. The molecule has 1 unspecified atom stereocenters. The maximum Gasteiger partial charge on any atom is 0.163 e. The van der Waals surface area contributed by atoms with Crippen molar-refractivity contribution in [1.82, 2.24) is 0 Å². The van der Waals surface area contributed by atoms with Crippen LogP contribution in [0.25, 0.3) is 0 Å². The summed E-state index contributed by atoms with van der Waals surface area (Å²) in [5.74, 6) is 0.395. The van der Waals surface area contributed by atoms with Crippen molar-refractivity contribution in [2.24, 2.45) is 11.3 Å². The molecule has 0 bridgehead atoms. The summed E-state index contributed by atoms with van der Waals surface area (Å²) in [6.07, 6.45) is 4.02. The minimum absolute atomic E-state index is 0.104. The molecule has 90 valence electrons. The molecule has 0 saturated heterocycles. The molecular weight excluding hydrogens is 196 g/mol. The van der Waals surface area contributed by atoms with E-state index in [9.17, 15) is 4.79 Å². The van der Waals surface area contributed by atoms with Crippen LogP contribution in [-0.2, 0) is 4.79 Å². The first-order valence-electron chi connectivity index (χ1n) is 6.10. The summed E-state index contributed by atoms with van der Waals surface area (Å²) in [4.78, 5) is 12.3. The van der Waals surface area contributed by atoms with Gasteiger partial charge in [-0.15, -0.1) is 0 Å². The second-order valence-corrected chi connectivity index (χ2v) is 6.07. The van der Waals surface area contributed by atoms with Crippen LogP contribution in [0, 0.1) is 11.3 Å². The topological polar surface area (TPSA) is 17.1 Å². The molecule has 0 aromatic heterocycles. The molecule has 0 aliphatic heterocycles. The standard InChI is InChI=1S/C15H24O/c1-10(2)9-13(16)14-12(11(3)4)7-8-15(14,5)6/h9,14H,7-8H2,1-6H3. The summed E-state index contributed by atoms with van der Waals surface area (Å²) in [6.45, 7) is 12.7. The lowest BCUT2D eigenvalue weighted by atomic mass is 9.77. The van der Waals surface area contributed by atoms with Crippen LogP contribution in [0.3, 0.4) is 0 Å². The molecule has 0 aromatic carbocycles. The number of rotatable bonds is 2. The summed E-state index contributed by atoms with van der Waals surface area (Å²) < 4.78 is 0. The van der Waals surface area contributed by atoms with Gasteiger partial charge in [0.2, 0.25) is 0 Å². The van der Waals surface area contributed by atoms with E-state index in [4.69, 9.17) is 0 Å². The molecule has 0 aromatic rings. The molecule has 1 saturated carbocycles. The normalized spacial score (nSPS) is 23.1. The molecule has 1 aliphatic carbocycles. The van der Waals surface area contributed by atoms with Crippen molar-refractivity contribution in [3.63, 3.8) is 0 Å². The first kappa shape index (κ1) is 13.2. The molecule has 0 heterocycles. The van der Waals surface area contributed by atoms with Crippen LogP contribution in [0.2, 0.25) is 0 Å². The fraction of sp³-hybridized carbons (Fsp3) is 0.667. The highest BCUT2D eigenvalue weighted by Crippen LogP contribution is 2.47. The van der Waals surface area contributed by atoms with E-state index in [1.807, 2.05) is 13.8 Å². The fourth-order valence-electron chi connectivity index (χ4n) is 2.68. The van der Waals surface area contributed by atoms with Crippen LogP contribution < -0.4 is 0 Å². The first-order chi connectivity index (χ1) is 7.25. The van der Waals surface area contributed by atoms with Crippen molar-refractivity contribution in [3.8, 4) is 0 Å². The fourth-order valence-corrected chi connectivity index (χ4v) is 2.68. The smallest absolute Gasteiger partial charge is 0.163 e. The molecule has 0 amide bonds. The minimum atomic E-state index is 0.104. The van der Waals surface area contributed by atoms with Gasteiger partial charge in [-0.25, -0.2) is 0 Å². The molecule has 1 fully saturated rings. The van der Waals surface area contributed by atoms with Gasteiger partial charge in [0.05, 0.1) is 0 Å². The Kier molecular flexibility index (Phi) is 3.77. The van der Waals surface area contributed by atoms with Crippen molar-refractivity contribution in [1.29, 1.82) is 0 Å². The molecule has 0 spiro atoms. The highest BCUT2D eigenvalue weighted by molar-refractivity contribution is 5.95. The van der Waals surface area contributed by atoms with Crippen LogP contribution in [-0.4, -0.2) is 5.78 Å². The van der Waals surface area contributed by atoms with E-state index in [0.717, 1.165) is 18.4 Å². The summed E-state index contributed by atoms with van der Waals surface area (Å²) in [6, 6.07) is 0. The Morgan fingerprint density at radius 2 is 1.81 bits per heavy atom. The van der Waals surface area contributed by atoms with Crippen LogP contribution in [0.1, 0.15) is 54.4 Å². The average molecular weight is 220 g/mol. The second kappa shape index (κ2) is 4.57. The highest BCUT2D eigenvalue weighted by atomic mass is 16.1. The summed E-state index contributed by atoms with van der Waals surface area (Å²) in [5, 5.41) is 0. The van der Waals surface area contributed by atoms with Gasteiger partial charge in [-0.05, 0) is 52.0 Å². The zero-order valence-electron chi connectivity index (χ0n) is 11.5. The van der Waals surface area contributed by atoms with E-state index >= 15 is 0 Å². The van der Waals surface area contributed by atoms with Gasteiger partial charge in [-0.3, -0.25) is 4.79 Å². The third kappa shape index (κ3) is 2.63. The lowest BCUT2D eigenvalue weighted by Crippen LogP contribution is -2.26. The Balaban J connectivity index is 3.11. The Labute approximate surface area is 99.6 Å². The van der Waals surface area contributed by atoms with Crippen molar-refractivity contribution in [2.75, 3.05) is 0 Å². The number of carbonyl (C=O) groups is 1. The molecule has 0 radical (unpaired) electrons. The van der Waals surface area contributed by atoms with Crippen LogP contribution in [0.15, 0.2) is 22.8 Å². The zero-order chi connectivity index (χ0) is 12.5. The van der Waals surface area contributed by atoms with Gasteiger partial charge in [-0.1, -0.05) is 30.6 Å². The third-order valence-electron chi connectivity index (χ3n) is 3.53. The van der Waals surface area contributed by atoms with Gasteiger partial charge >= 0.3 is 0 Å². The molecule has 1 atom stereocenters. The van der Waals surface area contributed by atoms with Crippen LogP contribution >= 0.6 is 0 Å². The molecular formula is C15H24O. The van der Waals surface area contributed by atoms with Crippen molar-refractivity contribution in [3.05, 3.63) is 22.8 Å². The molecule has 1 rings (SSSR count). The van der Waals surface area contributed by atoms with Gasteiger partial charge in [0.25, 0.3) is 0 Å². The number of hydrogen-bond acceptors (Lipinski definition) is 1. The van der Waals surface area contributed by atoms with Crippen molar-refractivity contribution in [2.45, 2.75) is 54.4 Å². The van der Waals surface area contributed by atoms with E-state index in [1.165, 1.54) is 11.1 Å². The SMILES string of the molecule is CC(C)=CC(=O)C1C(=C(C)C)CCC1(C)C. The van der Waals surface area contributed by atoms with Gasteiger partial charge < -0.3 is 0 Å². The van der Waals surface area contributed by atoms with Crippen LogP contribution in [0.5, 0.6) is 0 Å². The van der Waals surface area contributed by atoms with Crippen molar-refractivity contribution < 1.29 is 4.79 Å². The van der Waals surface area contributed by atoms with E-state index in [0.29, 0.717) is 5.78 Å². The van der Waals surface area contributed by atoms with Gasteiger partial charge in [0, 0.05) is 5.92 Å². The van der Waals surface area contributed by atoms with E-state index in [-0.39, 0.29) is 11.3 Å². The maximum absolute atomic E-state index is 12.3. The molecule has 1 aliphatic rings. The number of allylic oxidation sites excluding steroid dienone is 4. The van der Waals surface area contributed by atoms with Gasteiger partial charge in [0.15, 0.2) is 5.78 Å². The number of carbonyl (C=O) groups excluding carboxylic acids is 1. The Morgan fingerprint density at radius 1 is 1.25 bits per heavy atom. The molecule has 1 heteroatoms. The average Bonchev–Trinajstić information content (AvgIpc) is 2.39. The molecule has 16 heavy (non-hydrogen) atoms. The lowest BCUT2D eigenvalue weighted by molar-refractivity contribution is -0.119. The minimum Gasteiger partial charge on any atom is -0.294 e. The lowest BCUT2D eigenvalue weighted by Gasteiger charge is -2.26. The first-order valence-corrected chi connectivity index (χ1v) is 6.10. The summed E-state index contributed by atoms with van der Waals surface area (Å²) >= 11 is 0. The number of ketones is 1. The monoisotopic (exact) mass is 220 g/mol. The van der Waals surface area contributed by atoms with E-state index < -0.39 is 0 Å². The van der Waals surface area contributed by atoms with Crippen LogP contribution in [0.4, 0.5) is 0 Å². The van der Waals surface area contributed by atoms with Gasteiger partial charge in [0.1, 0.15) is 0 Å².